The number of halogens is 1. The van der Waals surface area contributed by atoms with Crippen LogP contribution in [-0.4, -0.2) is 38.3 Å². The number of benzene rings is 2. The van der Waals surface area contributed by atoms with Crippen molar-refractivity contribution in [2.75, 3.05) is 31.7 Å². The topological polar surface area (TPSA) is 83.1 Å². The molecule has 0 spiro atoms. The van der Waals surface area contributed by atoms with E-state index in [9.17, 15) is 9.59 Å². The minimum atomic E-state index is -0.555. The van der Waals surface area contributed by atoms with Crippen molar-refractivity contribution < 1.29 is 28.5 Å². The number of ether oxygens (including phenoxy) is 4. The van der Waals surface area contributed by atoms with Crippen LogP contribution in [0.15, 0.2) is 36.4 Å². The molecule has 1 aliphatic rings. The van der Waals surface area contributed by atoms with E-state index in [2.05, 4.69) is 5.32 Å². The highest BCUT2D eigenvalue weighted by atomic mass is 35.5. The van der Waals surface area contributed by atoms with E-state index in [0.717, 1.165) is 0 Å². The summed E-state index contributed by atoms with van der Waals surface area (Å²) in [6.07, 6.45) is -0.0425. The summed E-state index contributed by atoms with van der Waals surface area (Å²) in [5, 5.41) is 3.03. The number of amides is 1. The van der Waals surface area contributed by atoms with Crippen LogP contribution >= 0.6 is 11.6 Å². The Kier molecular flexibility index (Phi) is 6.60. The van der Waals surface area contributed by atoms with E-state index in [1.807, 2.05) is 6.92 Å². The van der Waals surface area contributed by atoms with Crippen LogP contribution in [0.2, 0.25) is 5.02 Å². The van der Waals surface area contributed by atoms with Crippen molar-refractivity contribution in [3.63, 3.8) is 0 Å². The molecule has 0 atom stereocenters. The van der Waals surface area contributed by atoms with Gasteiger partial charge < -0.3 is 24.3 Å². The molecule has 7 nitrogen and oxygen atoms in total. The number of anilines is 1. The van der Waals surface area contributed by atoms with E-state index in [-0.39, 0.29) is 6.42 Å². The molecule has 28 heavy (non-hydrogen) atoms. The molecule has 2 aromatic rings. The lowest BCUT2D eigenvalue weighted by Gasteiger charge is -2.20. The molecule has 1 aliphatic heterocycles. The number of hydrogen-bond acceptors (Lipinski definition) is 6. The summed E-state index contributed by atoms with van der Waals surface area (Å²) in [6.45, 7) is 2.76. The van der Waals surface area contributed by atoms with Crippen molar-refractivity contribution in [1.82, 2.24) is 0 Å². The highest BCUT2D eigenvalue weighted by molar-refractivity contribution is 6.32. The third-order valence-corrected chi connectivity index (χ3v) is 4.11. The predicted molar refractivity (Wildman–Crippen MR) is 103 cm³/mol. The number of para-hydroxylation sites is 2. The van der Waals surface area contributed by atoms with Crippen LogP contribution in [0.25, 0.3) is 0 Å². The Labute approximate surface area is 167 Å². The van der Waals surface area contributed by atoms with Crippen molar-refractivity contribution in [3.8, 4) is 17.2 Å². The fourth-order valence-corrected chi connectivity index (χ4v) is 2.96. The minimum Gasteiger partial charge on any atom is -0.492 e. The summed E-state index contributed by atoms with van der Waals surface area (Å²) in [4.78, 5) is 24.1. The maximum Gasteiger partial charge on any atom is 0.310 e. The zero-order chi connectivity index (χ0) is 19.9. The summed E-state index contributed by atoms with van der Waals surface area (Å²) in [6, 6.07) is 10.3. The molecule has 8 heteroatoms. The van der Waals surface area contributed by atoms with Crippen LogP contribution in [0.3, 0.4) is 0 Å². The van der Waals surface area contributed by atoms with Crippen LogP contribution in [0.4, 0.5) is 5.69 Å². The van der Waals surface area contributed by atoms with Crippen molar-refractivity contribution in [2.45, 2.75) is 13.3 Å². The van der Waals surface area contributed by atoms with Gasteiger partial charge in [-0.05, 0) is 36.8 Å². The molecule has 1 heterocycles. The number of carbonyl (C=O) groups excluding carboxylic acids is 2. The molecule has 0 radical (unpaired) electrons. The van der Waals surface area contributed by atoms with Gasteiger partial charge in [-0.25, -0.2) is 0 Å². The quantitative estimate of drug-likeness (QED) is 0.712. The van der Waals surface area contributed by atoms with E-state index < -0.39 is 18.5 Å². The molecule has 0 saturated heterocycles. The van der Waals surface area contributed by atoms with Gasteiger partial charge in [-0.3, -0.25) is 9.59 Å². The van der Waals surface area contributed by atoms with Gasteiger partial charge in [-0.1, -0.05) is 23.7 Å². The molecule has 148 valence electrons. The normalized spacial score (nSPS) is 12.2. The van der Waals surface area contributed by atoms with E-state index >= 15 is 0 Å². The van der Waals surface area contributed by atoms with Gasteiger partial charge in [0.1, 0.15) is 19.0 Å². The lowest BCUT2D eigenvalue weighted by atomic mass is 10.1. The Bertz CT molecular complexity index is 870. The van der Waals surface area contributed by atoms with Crippen molar-refractivity contribution >= 4 is 29.2 Å². The maximum absolute atomic E-state index is 12.1. The Hall–Kier alpha value is -2.93. The number of fused-ring (bicyclic) bond motifs is 1. The van der Waals surface area contributed by atoms with Crippen molar-refractivity contribution in [2.24, 2.45) is 0 Å². The molecular weight excluding hydrogens is 386 g/mol. The van der Waals surface area contributed by atoms with E-state index in [1.165, 1.54) is 0 Å². The van der Waals surface area contributed by atoms with E-state index in [0.29, 0.717) is 53.3 Å². The Balaban J connectivity index is 1.53. The molecule has 2 aromatic carbocycles. The van der Waals surface area contributed by atoms with Crippen molar-refractivity contribution in [1.29, 1.82) is 0 Å². The van der Waals surface area contributed by atoms with Crippen LogP contribution in [0, 0.1) is 0 Å². The third-order valence-electron chi connectivity index (χ3n) is 3.83. The highest BCUT2D eigenvalue weighted by Gasteiger charge is 2.18. The monoisotopic (exact) mass is 405 g/mol. The second-order valence-corrected chi connectivity index (χ2v) is 6.32. The summed E-state index contributed by atoms with van der Waals surface area (Å²) in [7, 11) is 0. The van der Waals surface area contributed by atoms with Gasteiger partial charge in [0.05, 0.1) is 23.7 Å². The van der Waals surface area contributed by atoms with Crippen LogP contribution in [0.5, 0.6) is 17.2 Å². The highest BCUT2D eigenvalue weighted by Crippen LogP contribution is 2.38. The maximum atomic E-state index is 12.1. The second kappa shape index (κ2) is 9.32. The second-order valence-electron chi connectivity index (χ2n) is 5.92. The molecule has 3 rings (SSSR count). The number of carbonyl (C=O) groups is 2. The lowest BCUT2D eigenvalue weighted by Crippen LogP contribution is -2.22. The summed E-state index contributed by atoms with van der Waals surface area (Å²) in [5.74, 6) is 0.501. The molecule has 0 bridgehead atoms. The minimum absolute atomic E-state index is 0.0425. The molecule has 0 saturated carbocycles. The summed E-state index contributed by atoms with van der Waals surface area (Å²) < 4.78 is 21.4. The van der Waals surface area contributed by atoms with Gasteiger partial charge in [0.15, 0.2) is 18.1 Å². The van der Waals surface area contributed by atoms with Gasteiger partial charge >= 0.3 is 5.97 Å². The zero-order valence-electron chi connectivity index (χ0n) is 15.3. The molecule has 1 N–H and O–H groups in total. The average molecular weight is 406 g/mol. The zero-order valence-corrected chi connectivity index (χ0v) is 16.1. The average Bonchev–Trinajstić information content (AvgIpc) is 2.68. The molecule has 0 fully saturated rings. The first-order chi connectivity index (χ1) is 13.6. The largest absolute Gasteiger partial charge is 0.492 e. The smallest absolute Gasteiger partial charge is 0.310 e. The SMILES string of the molecule is CCOc1ccccc1NC(=O)COC(=O)Cc1cc(Cl)c2c(c1)OCCO2. The fraction of sp³-hybridized carbons (Fsp3) is 0.300. The number of rotatable bonds is 7. The molecular formula is C20H20ClNO6. The number of hydrogen-bond donors (Lipinski definition) is 1. The van der Waals surface area contributed by atoms with Crippen LogP contribution < -0.4 is 19.5 Å². The third kappa shape index (κ3) is 5.07. The van der Waals surface area contributed by atoms with Gasteiger partial charge in [-0.15, -0.1) is 0 Å². The van der Waals surface area contributed by atoms with Crippen LogP contribution in [0.1, 0.15) is 12.5 Å². The molecule has 1 amide bonds. The summed E-state index contributed by atoms with van der Waals surface area (Å²) >= 11 is 6.16. The standard InChI is InChI=1S/C20H20ClNO6/c1-2-25-16-6-4-3-5-15(16)22-18(23)12-28-19(24)11-13-9-14(21)20-17(10-13)26-7-8-27-20/h3-6,9-10H,2,7-8,11-12H2,1H3,(H,22,23). The van der Waals surface area contributed by atoms with Gasteiger partial charge in [0.25, 0.3) is 5.91 Å². The molecule has 0 aromatic heterocycles. The van der Waals surface area contributed by atoms with E-state index in [4.69, 9.17) is 30.5 Å². The Morgan fingerprint density at radius 1 is 1.18 bits per heavy atom. The predicted octanol–water partition coefficient (Wildman–Crippen LogP) is 3.23. The molecule has 0 unspecified atom stereocenters. The first kappa shape index (κ1) is 19.8. The number of esters is 1. The van der Waals surface area contributed by atoms with Gasteiger partial charge in [0, 0.05) is 0 Å². The number of nitrogens with one attached hydrogen (secondary N) is 1. The van der Waals surface area contributed by atoms with Crippen LogP contribution in [-0.2, 0) is 20.7 Å². The Morgan fingerprint density at radius 3 is 2.79 bits per heavy atom. The first-order valence-corrected chi connectivity index (χ1v) is 9.20. The Morgan fingerprint density at radius 2 is 1.96 bits per heavy atom. The summed E-state index contributed by atoms with van der Waals surface area (Å²) in [5.41, 5.74) is 1.13. The fourth-order valence-electron chi connectivity index (χ4n) is 2.67. The van der Waals surface area contributed by atoms with Gasteiger partial charge in [-0.2, -0.15) is 0 Å². The first-order valence-electron chi connectivity index (χ1n) is 8.82. The lowest BCUT2D eigenvalue weighted by molar-refractivity contribution is -0.146. The van der Waals surface area contributed by atoms with Gasteiger partial charge in [0.2, 0.25) is 0 Å². The molecule has 0 aliphatic carbocycles. The van der Waals surface area contributed by atoms with Crippen molar-refractivity contribution in [3.05, 3.63) is 47.0 Å². The van der Waals surface area contributed by atoms with E-state index in [1.54, 1.807) is 36.4 Å².